The van der Waals surface area contributed by atoms with Crippen LogP contribution in [-0.4, -0.2) is 12.9 Å². The Hall–Kier alpha value is -1.07. The predicted octanol–water partition coefficient (Wildman–Crippen LogP) is 2.81. The highest BCUT2D eigenvalue weighted by Gasteiger charge is 1.92. The van der Waals surface area contributed by atoms with Gasteiger partial charge in [0.15, 0.2) is 0 Å². The average Bonchev–Trinajstić information content (AvgIpc) is 2.19. The molecular formula is C11H12OS. The van der Waals surface area contributed by atoms with Gasteiger partial charge >= 0.3 is 0 Å². The molecule has 1 aromatic rings. The van der Waals surface area contributed by atoms with Crippen molar-refractivity contribution in [2.75, 3.05) is 12.9 Å². The smallest absolute Gasteiger partial charge is 0.119 e. The summed E-state index contributed by atoms with van der Waals surface area (Å²) in [5, 5.41) is 0. The van der Waals surface area contributed by atoms with E-state index in [1.54, 1.807) is 11.8 Å². The van der Waals surface area contributed by atoms with Crippen LogP contribution in [0.4, 0.5) is 0 Å². The maximum absolute atomic E-state index is 5.39. The molecule has 0 atom stereocenters. The van der Waals surface area contributed by atoms with Gasteiger partial charge in [0, 0.05) is 11.3 Å². The fraction of sp³-hybridized carbons (Fsp3) is 0.273. The molecule has 0 amide bonds. The van der Waals surface area contributed by atoms with Crippen molar-refractivity contribution >= 4 is 11.8 Å². The predicted molar refractivity (Wildman–Crippen MR) is 57.2 cm³/mol. The molecule has 68 valence electrons. The second kappa shape index (κ2) is 5.55. The van der Waals surface area contributed by atoms with Gasteiger partial charge in [-0.05, 0) is 30.5 Å². The van der Waals surface area contributed by atoms with Crippen molar-refractivity contribution < 1.29 is 4.74 Å². The number of hydrogen-bond acceptors (Lipinski definition) is 2. The zero-order valence-electron chi connectivity index (χ0n) is 7.62. The minimum absolute atomic E-state index is 0.592. The van der Waals surface area contributed by atoms with Crippen LogP contribution in [-0.2, 0) is 0 Å². The maximum Gasteiger partial charge on any atom is 0.119 e. The molecule has 1 nitrogen and oxygen atoms in total. The minimum atomic E-state index is 0.592. The molecule has 0 fully saturated rings. The van der Waals surface area contributed by atoms with Crippen molar-refractivity contribution in [3.8, 4) is 18.1 Å². The van der Waals surface area contributed by atoms with Gasteiger partial charge in [-0.2, -0.15) is 0 Å². The Bertz CT molecular complexity index is 284. The van der Waals surface area contributed by atoms with Crippen LogP contribution < -0.4 is 4.74 Å². The monoisotopic (exact) mass is 192 g/mol. The van der Waals surface area contributed by atoms with E-state index >= 15 is 0 Å². The molecule has 0 aliphatic rings. The van der Waals surface area contributed by atoms with Crippen LogP contribution in [0.15, 0.2) is 29.2 Å². The highest BCUT2D eigenvalue weighted by Crippen LogP contribution is 2.18. The van der Waals surface area contributed by atoms with Crippen LogP contribution in [0.1, 0.15) is 6.42 Å². The highest BCUT2D eigenvalue weighted by atomic mass is 32.2. The molecule has 1 rings (SSSR count). The maximum atomic E-state index is 5.39. The summed E-state index contributed by atoms with van der Waals surface area (Å²) < 4.78 is 5.39. The lowest BCUT2D eigenvalue weighted by Gasteiger charge is -2.03. The third-order valence-corrected chi connectivity index (χ3v) is 2.32. The number of ether oxygens (including phenoxy) is 1. The molecule has 0 saturated carbocycles. The van der Waals surface area contributed by atoms with E-state index < -0.39 is 0 Å². The van der Waals surface area contributed by atoms with Gasteiger partial charge in [-0.25, -0.2) is 0 Å². The first-order chi connectivity index (χ1) is 6.36. The van der Waals surface area contributed by atoms with Crippen LogP contribution in [0.5, 0.6) is 5.75 Å². The van der Waals surface area contributed by atoms with Crippen LogP contribution in [0, 0.1) is 12.3 Å². The lowest BCUT2D eigenvalue weighted by molar-refractivity contribution is 0.327. The van der Waals surface area contributed by atoms with Crippen molar-refractivity contribution in [2.24, 2.45) is 0 Å². The highest BCUT2D eigenvalue weighted by molar-refractivity contribution is 7.98. The van der Waals surface area contributed by atoms with Gasteiger partial charge in [0.25, 0.3) is 0 Å². The quantitative estimate of drug-likeness (QED) is 0.412. The van der Waals surface area contributed by atoms with Crippen LogP contribution in [0.3, 0.4) is 0 Å². The normalized spacial score (nSPS) is 9.23. The van der Waals surface area contributed by atoms with E-state index in [4.69, 9.17) is 11.2 Å². The van der Waals surface area contributed by atoms with Crippen molar-refractivity contribution in [1.29, 1.82) is 0 Å². The summed E-state index contributed by atoms with van der Waals surface area (Å²) in [5.41, 5.74) is 0. The van der Waals surface area contributed by atoms with Crippen molar-refractivity contribution in [2.45, 2.75) is 11.3 Å². The Labute approximate surface area is 83.5 Å². The van der Waals surface area contributed by atoms with E-state index in [1.807, 2.05) is 30.5 Å². The molecule has 0 spiro atoms. The molecular weight excluding hydrogens is 180 g/mol. The first-order valence-corrected chi connectivity index (χ1v) is 5.29. The largest absolute Gasteiger partial charge is 0.493 e. The molecule has 0 N–H and O–H groups in total. The molecule has 0 aliphatic carbocycles. The first kappa shape index (κ1) is 10.0. The van der Waals surface area contributed by atoms with Crippen molar-refractivity contribution in [1.82, 2.24) is 0 Å². The lowest BCUT2D eigenvalue weighted by atomic mass is 10.3. The summed E-state index contributed by atoms with van der Waals surface area (Å²) in [7, 11) is 0. The van der Waals surface area contributed by atoms with Crippen molar-refractivity contribution in [3.63, 3.8) is 0 Å². The van der Waals surface area contributed by atoms with Gasteiger partial charge in [0.2, 0.25) is 0 Å². The van der Waals surface area contributed by atoms with Gasteiger partial charge < -0.3 is 4.74 Å². The topological polar surface area (TPSA) is 9.23 Å². The summed E-state index contributed by atoms with van der Waals surface area (Å²) in [6, 6.07) is 8.00. The third kappa shape index (κ3) is 3.43. The summed E-state index contributed by atoms with van der Waals surface area (Å²) in [6.45, 7) is 0.592. The second-order valence-electron chi connectivity index (χ2n) is 2.48. The molecule has 0 bridgehead atoms. The van der Waals surface area contributed by atoms with Crippen LogP contribution >= 0.6 is 11.8 Å². The second-order valence-corrected chi connectivity index (χ2v) is 3.36. The number of benzene rings is 1. The van der Waals surface area contributed by atoms with Crippen molar-refractivity contribution in [3.05, 3.63) is 24.3 Å². The average molecular weight is 192 g/mol. The Morgan fingerprint density at radius 2 is 2.08 bits per heavy atom. The zero-order valence-corrected chi connectivity index (χ0v) is 8.43. The molecule has 13 heavy (non-hydrogen) atoms. The van der Waals surface area contributed by atoms with Crippen LogP contribution in [0.2, 0.25) is 0 Å². The Morgan fingerprint density at radius 1 is 1.38 bits per heavy atom. The van der Waals surface area contributed by atoms with Gasteiger partial charge in [0.1, 0.15) is 5.75 Å². The third-order valence-electron chi connectivity index (χ3n) is 1.57. The Morgan fingerprint density at radius 3 is 2.62 bits per heavy atom. The minimum Gasteiger partial charge on any atom is -0.493 e. The summed E-state index contributed by atoms with van der Waals surface area (Å²) in [4.78, 5) is 1.24. The molecule has 2 heteroatoms. The summed E-state index contributed by atoms with van der Waals surface area (Å²) in [6.07, 6.45) is 7.81. The van der Waals surface area contributed by atoms with E-state index in [0.717, 1.165) is 5.75 Å². The number of rotatable bonds is 4. The van der Waals surface area contributed by atoms with Gasteiger partial charge in [0.05, 0.1) is 6.61 Å². The summed E-state index contributed by atoms with van der Waals surface area (Å²) >= 11 is 1.72. The summed E-state index contributed by atoms with van der Waals surface area (Å²) in [5.74, 6) is 3.41. The first-order valence-electron chi connectivity index (χ1n) is 4.07. The van der Waals surface area contributed by atoms with Gasteiger partial charge in [-0.3, -0.25) is 0 Å². The molecule has 0 heterocycles. The molecule has 0 radical (unpaired) electrons. The SMILES string of the molecule is C#CCCOc1ccc(SC)cc1. The van der Waals surface area contributed by atoms with E-state index in [2.05, 4.69) is 5.92 Å². The Balaban J connectivity index is 2.45. The molecule has 0 unspecified atom stereocenters. The molecule has 0 saturated heterocycles. The standard InChI is InChI=1S/C11H12OS/c1-3-4-9-12-10-5-7-11(13-2)8-6-10/h1,5-8H,4,9H2,2H3. The van der Waals surface area contributed by atoms with Gasteiger partial charge in [-0.15, -0.1) is 24.1 Å². The number of thioether (sulfide) groups is 1. The lowest BCUT2D eigenvalue weighted by Crippen LogP contribution is -1.94. The number of hydrogen-bond donors (Lipinski definition) is 0. The number of terminal acetylenes is 1. The molecule has 1 aromatic carbocycles. The fourth-order valence-corrected chi connectivity index (χ4v) is 1.31. The van der Waals surface area contributed by atoms with E-state index in [-0.39, 0.29) is 0 Å². The van der Waals surface area contributed by atoms with E-state index in [0.29, 0.717) is 13.0 Å². The zero-order chi connectivity index (χ0) is 9.52. The molecule has 0 aromatic heterocycles. The van der Waals surface area contributed by atoms with Crippen LogP contribution in [0.25, 0.3) is 0 Å². The van der Waals surface area contributed by atoms with E-state index in [9.17, 15) is 0 Å². The Kier molecular flexibility index (Phi) is 4.28. The molecule has 0 aliphatic heterocycles. The van der Waals surface area contributed by atoms with E-state index in [1.165, 1.54) is 4.90 Å². The van der Waals surface area contributed by atoms with Gasteiger partial charge in [-0.1, -0.05) is 0 Å². The fourth-order valence-electron chi connectivity index (χ4n) is 0.900.